The third kappa shape index (κ3) is 4.72. The quantitative estimate of drug-likeness (QED) is 0.852. The molecular formula is C17H17ClN2O3. The Kier molecular flexibility index (Phi) is 5.60. The number of carbonyl (C=O) groups is 2. The summed E-state index contributed by atoms with van der Waals surface area (Å²) in [4.78, 5) is 23.1. The van der Waals surface area contributed by atoms with E-state index in [1.807, 2.05) is 18.2 Å². The van der Waals surface area contributed by atoms with Gasteiger partial charge in [0.25, 0.3) is 5.91 Å². The average molecular weight is 333 g/mol. The number of carbonyl (C=O) groups excluding carboxylic acids is 2. The molecule has 0 unspecified atom stereocenters. The summed E-state index contributed by atoms with van der Waals surface area (Å²) in [6.45, 7) is 1.97. The van der Waals surface area contributed by atoms with Gasteiger partial charge in [-0.15, -0.1) is 0 Å². The topological polar surface area (TPSA) is 81.4 Å². The second kappa shape index (κ2) is 7.65. The van der Waals surface area contributed by atoms with Gasteiger partial charge in [-0.05, 0) is 42.8 Å². The van der Waals surface area contributed by atoms with Crippen LogP contribution in [0, 0.1) is 0 Å². The number of hydrogen-bond acceptors (Lipinski definition) is 3. The minimum atomic E-state index is -0.683. The first-order valence-electron chi connectivity index (χ1n) is 7.05. The minimum absolute atomic E-state index is 0.260. The van der Waals surface area contributed by atoms with Crippen molar-refractivity contribution < 1.29 is 14.3 Å². The van der Waals surface area contributed by atoms with Crippen LogP contribution in [0.15, 0.2) is 48.5 Å². The van der Waals surface area contributed by atoms with Crippen molar-refractivity contribution in [2.24, 2.45) is 5.73 Å². The van der Waals surface area contributed by atoms with Gasteiger partial charge in [-0.2, -0.15) is 0 Å². The Morgan fingerprint density at radius 3 is 2.43 bits per heavy atom. The fourth-order valence-corrected chi connectivity index (χ4v) is 2.13. The standard InChI is InChI=1S/C17H17ClN2O3/c1-11(23-14-8-6-12(7-9-14)16(19)21)17(22)20-10-13-4-2-3-5-15(13)18/h2-9,11H,10H2,1H3,(H2,19,21)(H,20,22)/t11-/m0/s1. The molecule has 0 fully saturated rings. The highest BCUT2D eigenvalue weighted by molar-refractivity contribution is 6.31. The summed E-state index contributed by atoms with van der Waals surface area (Å²) >= 11 is 6.04. The second-order valence-corrected chi connectivity index (χ2v) is 5.37. The van der Waals surface area contributed by atoms with Gasteiger partial charge in [-0.25, -0.2) is 0 Å². The van der Waals surface area contributed by atoms with Gasteiger partial charge in [0.15, 0.2) is 6.10 Å². The Morgan fingerprint density at radius 1 is 1.17 bits per heavy atom. The molecule has 0 aliphatic carbocycles. The van der Waals surface area contributed by atoms with Crippen molar-refractivity contribution in [3.05, 3.63) is 64.7 Å². The molecule has 0 aliphatic rings. The van der Waals surface area contributed by atoms with Gasteiger partial charge in [-0.3, -0.25) is 9.59 Å². The molecule has 120 valence electrons. The van der Waals surface area contributed by atoms with Crippen LogP contribution in [0.4, 0.5) is 0 Å². The zero-order valence-corrected chi connectivity index (χ0v) is 13.3. The summed E-state index contributed by atoms with van der Waals surface area (Å²) in [6.07, 6.45) is -0.683. The summed E-state index contributed by atoms with van der Waals surface area (Å²) in [5, 5.41) is 3.37. The van der Waals surface area contributed by atoms with Gasteiger partial charge in [0.05, 0.1) is 0 Å². The lowest BCUT2D eigenvalue weighted by Gasteiger charge is -2.15. The van der Waals surface area contributed by atoms with Crippen LogP contribution in [0.3, 0.4) is 0 Å². The van der Waals surface area contributed by atoms with Crippen molar-refractivity contribution in [3.63, 3.8) is 0 Å². The Hall–Kier alpha value is -2.53. The first-order chi connectivity index (χ1) is 11.0. The monoisotopic (exact) mass is 332 g/mol. The third-order valence-corrected chi connectivity index (χ3v) is 3.60. The highest BCUT2D eigenvalue weighted by Crippen LogP contribution is 2.15. The Bertz CT molecular complexity index is 701. The number of ether oxygens (including phenoxy) is 1. The molecule has 0 aromatic heterocycles. The van der Waals surface area contributed by atoms with E-state index in [1.165, 1.54) is 0 Å². The number of nitrogens with one attached hydrogen (secondary N) is 1. The molecule has 6 heteroatoms. The molecular weight excluding hydrogens is 316 g/mol. The molecule has 23 heavy (non-hydrogen) atoms. The van der Waals surface area contributed by atoms with Crippen molar-refractivity contribution in [1.82, 2.24) is 5.32 Å². The molecule has 0 radical (unpaired) electrons. The molecule has 0 saturated carbocycles. The molecule has 3 N–H and O–H groups in total. The molecule has 2 aromatic carbocycles. The number of nitrogens with two attached hydrogens (primary N) is 1. The van der Waals surface area contributed by atoms with Crippen molar-refractivity contribution in [1.29, 1.82) is 0 Å². The zero-order chi connectivity index (χ0) is 16.8. The summed E-state index contributed by atoms with van der Waals surface area (Å²) < 4.78 is 5.53. The SMILES string of the molecule is C[C@H](Oc1ccc(C(N)=O)cc1)C(=O)NCc1ccccc1Cl. The van der Waals surface area contributed by atoms with Gasteiger partial charge in [-0.1, -0.05) is 29.8 Å². The lowest BCUT2D eigenvalue weighted by Crippen LogP contribution is -2.35. The fourth-order valence-electron chi connectivity index (χ4n) is 1.92. The lowest BCUT2D eigenvalue weighted by atomic mass is 10.2. The van der Waals surface area contributed by atoms with Crippen LogP contribution in [0.1, 0.15) is 22.8 Å². The van der Waals surface area contributed by atoms with Crippen LogP contribution >= 0.6 is 11.6 Å². The maximum atomic E-state index is 12.1. The van der Waals surface area contributed by atoms with Crippen LogP contribution in [0.25, 0.3) is 0 Å². The summed E-state index contributed by atoms with van der Waals surface area (Å²) in [7, 11) is 0. The Labute approximate surface area is 139 Å². The van der Waals surface area contributed by atoms with Crippen LogP contribution in [0.2, 0.25) is 5.02 Å². The van der Waals surface area contributed by atoms with Crippen LogP contribution in [-0.2, 0) is 11.3 Å². The van der Waals surface area contributed by atoms with Crippen molar-refractivity contribution in [2.45, 2.75) is 19.6 Å². The number of amides is 2. The molecule has 0 spiro atoms. The summed E-state index contributed by atoms with van der Waals surface area (Å²) in [5.41, 5.74) is 6.38. The Balaban J connectivity index is 1.89. The van der Waals surface area contributed by atoms with E-state index in [0.717, 1.165) is 5.56 Å². The van der Waals surface area contributed by atoms with E-state index in [1.54, 1.807) is 37.3 Å². The van der Waals surface area contributed by atoms with Gasteiger partial charge in [0, 0.05) is 17.1 Å². The first kappa shape index (κ1) is 16.8. The van der Waals surface area contributed by atoms with Crippen molar-refractivity contribution >= 4 is 23.4 Å². The number of rotatable bonds is 6. The van der Waals surface area contributed by atoms with Crippen molar-refractivity contribution in [2.75, 3.05) is 0 Å². The molecule has 0 saturated heterocycles. The maximum Gasteiger partial charge on any atom is 0.261 e. The number of primary amides is 1. The van der Waals surface area contributed by atoms with E-state index < -0.39 is 12.0 Å². The Morgan fingerprint density at radius 2 is 1.83 bits per heavy atom. The van der Waals surface area contributed by atoms with Gasteiger partial charge in [0.1, 0.15) is 5.75 Å². The molecule has 1 atom stereocenters. The smallest absolute Gasteiger partial charge is 0.261 e. The van der Waals surface area contributed by atoms with Gasteiger partial charge in [0.2, 0.25) is 5.91 Å². The maximum absolute atomic E-state index is 12.1. The number of halogens is 1. The predicted molar refractivity (Wildman–Crippen MR) is 88.3 cm³/mol. The average Bonchev–Trinajstić information content (AvgIpc) is 2.54. The minimum Gasteiger partial charge on any atom is -0.481 e. The first-order valence-corrected chi connectivity index (χ1v) is 7.43. The summed E-state index contributed by atoms with van der Waals surface area (Å²) in [6, 6.07) is 13.6. The lowest BCUT2D eigenvalue weighted by molar-refractivity contribution is -0.127. The van der Waals surface area contributed by atoms with Gasteiger partial charge >= 0.3 is 0 Å². The molecule has 0 heterocycles. The fraction of sp³-hybridized carbons (Fsp3) is 0.176. The number of hydrogen-bond donors (Lipinski definition) is 2. The predicted octanol–water partition coefficient (Wildman–Crippen LogP) is 2.52. The highest BCUT2D eigenvalue weighted by Gasteiger charge is 2.15. The molecule has 2 amide bonds. The molecule has 5 nitrogen and oxygen atoms in total. The highest BCUT2D eigenvalue weighted by atomic mass is 35.5. The molecule has 2 rings (SSSR count). The van der Waals surface area contributed by atoms with Crippen molar-refractivity contribution in [3.8, 4) is 5.75 Å². The largest absolute Gasteiger partial charge is 0.481 e. The van der Waals surface area contributed by atoms with E-state index in [9.17, 15) is 9.59 Å². The molecule has 2 aromatic rings. The van der Waals surface area contributed by atoms with Gasteiger partial charge < -0.3 is 15.8 Å². The number of benzene rings is 2. The van der Waals surface area contributed by atoms with E-state index in [4.69, 9.17) is 22.1 Å². The van der Waals surface area contributed by atoms with E-state index in [0.29, 0.717) is 22.9 Å². The van der Waals surface area contributed by atoms with Crippen LogP contribution in [-0.4, -0.2) is 17.9 Å². The third-order valence-electron chi connectivity index (χ3n) is 3.23. The van der Waals surface area contributed by atoms with E-state index in [-0.39, 0.29) is 5.91 Å². The summed E-state index contributed by atoms with van der Waals surface area (Å²) in [5.74, 6) is -0.290. The molecule has 0 aliphatic heterocycles. The van der Waals surface area contributed by atoms with Crippen LogP contribution in [0.5, 0.6) is 5.75 Å². The normalized spacial score (nSPS) is 11.6. The second-order valence-electron chi connectivity index (χ2n) is 4.96. The van der Waals surface area contributed by atoms with E-state index in [2.05, 4.69) is 5.32 Å². The molecule has 0 bridgehead atoms. The zero-order valence-electron chi connectivity index (χ0n) is 12.6. The van der Waals surface area contributed by atoms with E-state index >= 15 is 0 Å². The van der Waals surface area contributed by atoms with Crippen LogP contribution < -0.4 is 15.8 Å².